The number of nitrogens with one attached hydrogen (secondary N) is 1. The highest BCUT2D eigenvalue weighted by atomic mass is 16.5. The molecule has 1 unspecified atom stereocenters. The zero-order chi connectivity index (χ0) is 15.3. The van der Waals surface area contributed by atoms with Crippen LogP contribution in [0.15, 0.2) is 0 Å². The van der Waals surface area contributed by atoms with Crippen molar-refractivity contribution in [3.8, 4) is 0 Å². The zero-order valence-corrected chi connectivity index (χ0v) is 12.7. The van der Waals surface area contributed by atoms with Crippen molar-refractivity contribution < 1.29 is 19.4 Å². The highest BCUT2D eigenvalue weighted by Crippen LogP contribution is 2.12. The maximum atomic E-state index is 12.2. The molecule has 7 heteroatoms. The number of carbonyl (C=O) groups excluding carboxylic acids is 1. The molecule has 2 N–H and O–H groups in total. The monoisotopic (exact) mass is 287 g/mol. The van der Waals surface area contributed by atoms with Crippen molar-refractivity contribution in [2.45, 2.75) is 31.8 Å². The van der Waals surface area contributed by atoms with E-state index in [-0.39, 0.29) is 24.6 Å². The molecule has 0 bridgehead atoms. The van der Waals surface area contributed by atoms with Gasteiger partial charge in [-0.2, -0.15) is 0 Å². The summed E-state index contributed by atoms with van der Waals surface area (Å²) in [5, 5.41) is 11.8. The van der Waals surface area contributed by atoms with Gasteiger partial charge in [0.25, 0.3) is 0 Å². The van der Waals surface area contributed by atoms with Gasteiger partial charge in [0.15, 0.2) is 0 Å². The van der Waals surface area contributed by atoms with Crippen molar-refractivity contribution in [3.63, 3.8) is 0 Å². The fourth-order valence-electron chi connectivity index (χ4n) is 1.84. The third-order valence-corrected chi connectivity index (χ3v) is 3.78. The van der Waals surface area contributed by atoms with Gasteiger partial charge >= 0.3 is 12.0 Å². The summed E-state index contributed by atoms with van der Waals surface area (Å²) in [5.74, 6) is -0.924. The minimum Gasteiger partial charge on any atom is -0.481 e. The maximum Gasteiger partial charge on any atom is 0.317 e. The van der Waals surface area contributed by atoms with Gasteiger partial charge in [-0.05, 0) is 27.9 Å². The molecule has 2 amide bonds. The Morgan fingerprint density at radius 1 is 1.45 bits per heavy atom. The second-order valence-corrected chi connectivity index (χ2v) is 5.89. The Morgan fingerprint density at radius 3 is 2.65 bits per heavy atom. The van der Waals surface area contributed by atoms with Crippen molar-refractivity contribution in [1.82, 2.24) is 15.1 Å². The van der Waals surface area contributed by atoms with E-state index in [9.17, 15) is 9.59 Å². The van der Waals surface area contributed by atoms with Crippen molar-refractivity contribution in [2.24, 2.45) is 0 Å². The number of morpholine rings is 1. The fourth-order valence-corrected chi connectivity index (χ4v) is 1.84. The van der Waals surface area contributed by atoms with Crippen molar-refractivity contribution in [3.05, 3.63) is 0 Å². The SMILES string of the molecule is CN(C)C(C)(C)CNC(=O)N1CCOCC1CC(=O)O. The molecule has 1 saturated heterocycles. The predicted molar refractivity (Wildman–Crippen MR) is 74.7 cm³/mol. The molecule has 7 nitrogen and oxygen atoms in total. The highest BCUT2D eigenvalue weighted by molar-refractivity contribution is 5.76. The zero-order valence-electron chi connectivity index (χ0n) is 12.7. The Kier molecular flexibility index (Phi) is 5.76. The number of carboxylic acids is 1. The number of carbonyl (C=O) groups is 2. The van der Waals surface area contributed by atoms with Gasteiger partial charge in [0.2, 0.25) is 0 Å². The number of ether oxygens (including phenoxy) is 1. The Labute approximate surface area is 119 Å². The molecule has 1 atom stereocenters. The number of amides is 2. The average molecular weight is 287 g/mol. The maximum absolute atomic E-state index is 12.2. The number of hydrogen-bond acceptors (Lipinski definition) is 4. The lowest BCUT2D eigenvalue weighted by Crippen LogP contribution is -2.56. The first-order valence-electron chi connectivity index (χ1n) is 6.75. The first kappa shape index (κ1) is 16.7. The largest absolute Gasteiger partial charge is 0.481 e. The summed E-state index contributed by atoms with van der Waals surface area (Å²) < 4.78 is 5.25. The van der Waals surface area contributed by atoms with Gasteiger partial charge in [-0.3, -0.25) is 4.79 Å². The van der Waals surface area contributed by atoms with Crippen LogP contribution in [0.1, 0.15) is 20.3 Å². The minimum absolute atomic E-state index is 0.0928. The number of hydrogen-bond donors (Lipinski definition) is 2. The van der Waals surface area contributed by atoms with E-state index in [1.54, 1.807) is 4.90 Å². The van der Waals surface area contributed by atoms with E-state index in [0.717, 1.165) is 0 Å². The number of urea groups is 1. The van der Waals surface area contributed by atoms with Crippen LogP contribution >= 0.6 is 0 Å². The third kappa shape index (κ3) is 4.64. The summed E-state index contributed by atoms with van der Waals surface area (Å²) in [5.41, 5.74) is -0.162. The highest BCUT2D eigenvalue weighted by Gasteiger charge is 2.30. The molecule has 20 heavy (non-hydrogen) atoms. The Hall–Kier alpha value is -1.34. The first-order chi connectivity index (χ1) is 9.24. The molecule has 1 rings (SSSR count). The summed E-state index contributed by atoms with van der Waals surface area (Å²) >= 11 is 0. The molecule has 0 spiro atoms. The summed E-state index contributed by atoms with van der Waals surface area (Å²) in [6.07, 6.45) is -0.0928. The lowest BCUT2D eigenvalue weighted by molar-refractivity contribution is -0.139. The molecule has 0 aromatic carbocycles. The van der Waals surface area contributed by atoms with Crippen molar-refractivity contribution in [2.75, 3.05) is 40.4 Å². The summed E-state index contributed by atoms with van der Waals surface area (Å²) in [4.78, 5) is 26.6. The van der Waals surface area contributed by atoms with Gasteiger partial charge in [-0.1, -0.05) is 0 Å². The van der Waals surface area contributed by atoms with E-state index in [0.29, 0.717) is 19.7 Å². The van der Waals surface area contributed by atoms with Crippen LogP contribution in [-0.2, 0) is 9.53 Å². The summed E-state index contributed by atoms with van der Waals surface area (Å²) in [7, 11) is 3.91. The van der Waals surface area contributed by atoms with Gasteiger partial charge in [-0.25, -0.2) is 4.79 Å². The molecular weight excluding hydrogens is 262 g/mol. The summed E-state index contributed by atoms with van der Waals surface area (Å²) in [6, 6.07) is -0.627. The van der Waals surface area contributed by atoms with E-state index in [2.05, 4.69) is 5.32 Å². The lowest BCUT2D eigenvalue weighted by atomic mass is 10.0. The van der Waals surface area contributed by atoms with E-state index in [4.69, 9.17) is 9.84 Å². The number of nitrogens with zero attached hydrogens (tertiary/aromatic N) is 2. The molecule has 1 aliphatic heterocycles. The fraction of sp³-hybridized carbons (Fsp3) is 0.846. The second-order valence-electron chi connectivity index (χ2n) is 5.89. The molecule has 1 heterocycles. The molecule has 0 aromatic heterocycles. The van der Waals surface area contributed by atoms with Crippen LogP contribution in [0.5, 0.6) is 0 Å². The molecule has 1 fully saturated rings. The lowest BCUT2D eigenvalue weighted by Gasteiger charge is -2.37. The average Bonchev–Trinajstić information content (AvgIpc) is 2.36. The molecule has 0 radical (unpaired) electrons. The number of aliphatic carboxylic acids is 1. The molecule has 0 aromatic rings. The normalized spacial score (nSPS) is 20.1. The summed E-state index contributed by atoms with van der Waals surface area (Å²) in [6.45, 7) is 5.70. The molecule has 0 aliphatic carbocycles. The second kappa shape index (κ2) is 6.90. The van der Waals surface area contributed by atoms with Crippen LogP contribution in [0.25, 0.3) is 0 Å². The Bertz CT molecular complexity index is 358. The van der Waals surface area contributed by atoms with Crippen LogP contribution in [0.3, 0.4) is 0 Å². The van der Waals surface area contributed by atoms with Gasteiger partial charge < -0.3 is 25.0 Å². The van der Waals surface area contributed by atoms with E-state index >= 15 is 0 Å². The van der Waals surface area contributed by atoms with Crippen molar-refractivity contribution >= 4 is 12.0 Å². The van der Waals surface area contributed by atoms with Crippen LogP contribution in [0, 0.1) is 0 Å². The number of likely N-dealkylation sites (N-methyl/N-ethyl adjacent to an activating group) is 1. The van der Waals surface area contributed by atoms with E-state index in [1.807, 2.05) is 32.8 Å². The third-order valence-electron chi connectivity index (χ3n) is 3.78. The van der Waals surface area contributed by atoms with Gasteiger partial charge in [-0.15, -0.1) is 0 Å². The standard InChI is InChI=1S/C13H25N3O4/c1-13(2,15(3)4)9-14-12(19)16-5-6-20-8-10(16)7-11(17)18/h10H,5-9H2,1-4H3,(H,14,19)(H,17,18). The van der Waals surface area contributed by atoms with Gasteiger partial charge in [0.05, 0.1) is 25.7 Å². The Morgan fingerprint density at radius 2 is 2.10 bits per heavy atom. The molecule has 0 saturated carbocycles. The van der Waals surface area contributed by atoms with Crippen LogP contribution in [0.2, 0.25) is 0 Å². The van der Waals surface area contributed by atoms with Crippen LogP contribution in [0.4, 0.5) is 4.79 Å². The molecule has 116 valence electrons. The molecular formula is C13H25N3O4. The predicted octanol–water partition coefficient (Wildman–Crippen LogP) is 0.212. The smallest absolute Gasteiger partial charge is 0.317 e. The molecule has 1 aliphatic rings. The van der Waals surface area contributed by atoms with Gasteiger partial charge in [0, 0.05) is 18.6 Å². The topological polar surface area (TPSA) is 82.1 Å². The van der Waals surface area contributed by atoms with Crippen LogP contribution < -0.4 is 5.32 Å². The Balaban J connectivity index is 2.57. The number of carboxylic acid groups (broad SMARTS) is 1. The van der Waals surface area contributed by atoms with E-state index in [1.165, 1.54) is 0 Å². The first-order valence-corrected chi connectivity index (χ1v) is 6.75. The van der Waals surface area contributed by atoms with Crippen molar-refractivity contribution in [1.29, 1.82) is 0 Å². The number of rotatable bonds is 5. The van der Waals surface area contributed by atoms with Crippen LogP contribution in [-0.4, -0.2) is 78.9 Å². The quantitative estimate of drug-likeness (QED) is 0.755. The minimum atomic E-state index is -0.924. The van der Waals surface area contributed by atoms with Gasteiger partial charge in [0.1, 0.15) is 0 Å². The van der Waals surface area contributed by atoms with E-state index < -0.39 is 12.0 Å².